The summed E-state index contributed by atoms with van der Waals surface area (Å²) in [7, 11) is 0. The largest absolute Gasteiger partial charge is 0.462 e. The maximum Gasteiger partial charge on any atom is 0.306 e. The van der Waals surface area contributed by atoms with Gasteiger partial charge in [0.25, 0.3) is 0 Å². The first kappa shape index (κ1) is 79.1. The fourth-order valence-electron chi connectivity index (χ4n) is 10.8. The maximum absolute atomic E-state index is 12.9. The molecule has 0 rings (SSSR count). The van der Waals surface area contributed by atoms with E-state index in [0.29, 0.717) is 19.3 Å². The molecule has 0 spiro atoms. The molecule has 0 aromatic rings. The molecule has 1 unspecified atom stereocenters. The lowest BCUT2D eigenvalue weighted by Crippen LogP contribution is -2.30. The van der Waals surface area contributed by atoms with Gasteiger partial charge in [-0.15, -0.1) is 0 Å². The van der Waals surface area contributed by atoms with E-state index in [1.54, 1.807) is 0 Å². The highest BCUT2D eigenvalue weighted by Crippen LogP contribution is 2.18. The molecule has 6 heteroatoms. The van der Waals surface area contributed by atoms with Crippen molar-refractivity contribution in [2.24, 2.45) is 0 Å². The number of rotatable bonds is 67. The summed E-state index contributed by atoms with van der Waals surface area (Å²) in [5.41, 5.74) is 0. The average Bonchev–Trinajstić information content (AvgIpc) is 3.47. The van der Waals surface area contributed by atoms with E-state index >= 15 is 0 Å². The molecular weight excluding hydrogens is 1010 g/mol. The first-order chi connectivity index (χ1) is 40.5. The van der Waals surface area contributed by atoms with Crippen molar-refractivity contribution in [3.8, 4) is 0 Å². The van der Waals surface area contributed by atoms with Crippen molar-refractivity contribution in [1.82, 2.24) is 0 Å². The summed E-state index contributed by atoms with van der Waals surface area (Å²) < 4.78 is 17.0. The predicted octanol–water partition coefficient (Wildman–Crippen LogP) is 25.1. The van der Waals surface area contributed by atoms with Crippen molar-refractivity contribution in [2.75, 3.05) is 13.2 Å². The zero-order chi connectivity index (χ0) is 59.2. The van der Waals surface area contributed by atoms with Crippen LogP contribution in [0.2, 0.25) is 0 Å². The Morgan fingerprint density at radius 1 is 0.244 bits per heavy atom. The van der Waals surface area contributed by atoms with Gasteiger partial charge in [-0.2, -0.15) is 0 Å². The van der Waals surface area contributed by atoms with E-state index < -0.39 is 6.10 Å². The van der Waals surface area contributed by atoms with E-state index in [4.69, 9.17) is 14.2 Å². The fourth-order valence-corrected chi connectivity index (χ4v) is 10.8. The van der Waals surface area contributed by atoms with Crippen LogP contribution < -0.4 is 0 Å². The first-order valence-corrected chi connectivity index (χ1v) is 36.3. The highest BCUT2D eigenvalue weighted by molar-refractivity contribution is 5.71. The summed E-state index contributed by atoms with van der Waals surface area (Å²) in [4.78, 5) is 38.4. The second-order valence-electron chi connectivity index (χ2n) is 24.5. The van der Waals surface area contributed by atoms with Crippen molar-refractivity contribution in [2.45, 2.75) is 393 Å². The molecule has 0 aliphatic heterocycles. The van der Waals surface area contributed by atoms with Crippen LogP contribution in [0.15, 0.2) is 60.8 Å². The summed E-state index contributed by atoms with van der Waals surface area (Å²) in [5, 5.41) is 0. The second kappa shape index (κ2) is 70.6. The molecule has 0 N–H and O–H groups in total. The average molecular weight is 1150 g/mol. The Hall–Kier alpha value is -2.89. The Morgan fingerprint density at radius 2 is 0.463 bits per heavy atom. The van der Waals surface area contributed by atoms with Crippen LogP contribution in [0.3, 0.4) is 0 Å². The summed E-state index contributed by atoms with van der Waals surface area (Å²) in [6.07, 6.45) is 91.2. The summed E-state index contributed by atoms with van der Waals surface area (Å²) in [6, 6.07) is 0. The third-order valence-electron chi connectivity index (χ3n) is 16.2. The molecule has 0 radical (unpaired) electrons. The number of ether oxygens (including phenoxy) is 3. The molecule has 0 aromatic carbocycles. The molecule has 0 saturated carbocycles. The molecule has 0 aromatic heterocycles. The quantitative estimate of drug-likeness (QED) is 0.0261. The zero-order valence-corrected chi connectivity index (χ0v) is 55.0. The Bertz CT molecular complexity index is 1460. The van der Waals surface area contributed by atoms with Gasteiger partial charge in [-0.25, -0.2) is 0 Å². The van der Waals surface area contributed by atoms with Crippen LogP contribution in [-0.2, 0) is 28.6 Å². The van der Waals surface area contributed by atoms with E-state index in [2.05, 4.69) is 81.5 Å². The van der Waals surface area contributed by atoms with E-state index in [-0.39, 0.29) is 31.1 Å². The SMILES string of the molecule is CCC/C=C\C/C=C\CCCCCCCC(=O)OCC(COC(=O)CCCCCCCCCCCCCCCCCCCC/C=C\C/C=C\C/C=C\CCCCCCC)OC(=O)CCCCCCCCCCCCCCCCCCCC. The van der Waals surface area contributed by atoms with E-state index in [9.17, 15) is 14.4 Å². The normalized spacial score (nSPS) is 12.4. The van der Waals surface area contributed by atoms with Crippen LogP contribution in [0.5, 0.6) is 0 Å². The molecule has 82 heavy (non-hydrogen) atoms. The number of hydrogen-bond donors (Lipinski definition) is 0. The van der Waals surface area contributed by atoms with Gasteiger partial charge in [0.15, 0.2) is 6.10 Å². The Labute approximate surface area is 510 Å². The van der Waals surface area contributed by atoms with Gasteiger partial charge in [0.05, 0.1) is 0 Å². The number of allylic oxidation sites excluding steroid dienone is 10. The Balaban J connectivity index is 4.14. The van der Waals surface area contributed by atoms with Crippen molar-refractivity contribution in [3.05, 3.63) is 60.8 Å². The van der Waals surface area contributed by atoms with Crippen molar-refractivity contribution >= 4 is 17.9 Å². The lowest BCUT2D eigenvalue weighted by atomic mass is 10.0. The lowest BCUT2D eigenvalue weighted by Gasteiger charge is -2.18. The van der Waals surface area contributed by atoms with Crippen molar-refractivity contribution in [3.63, 3.8) is 0 Å². The number of carbonyl (C=O) groups excluding carboxylic acids is 3. The third-order valence-corrected chi connectivity index (χ3v) is 16.2. The monoisotopic (exact) mass is 1150 g/mol. The highest BCUT2D eigenvalue weighted by Gasteiger charge is 2.19. The minimum absolute atomic E-state index is 0.0734. The van der Waals surface area contributed by atoms with Crippen molar-refractivity contribution < 1.29 is 28.6 Å². The number of hydrogen-bond acceptors (Lipinski definition) is 6. The van der Waals surface area contributed by atoms with E-state index in [1.807, 2.05) is 0 Å². The van der Waals surface area contributed by atoms with Gasteiger partial charge in [-0.3, -0.25) is 14.4 Å². The molecule has 1 atom stereocenters. The molecule has 0 heterocycles. The molecule has 0 aliphatic rings. The summed E-state index contributed by atoms with van der Waals surface area (Å²) >= 11 is 0. The second-order valence-corrected chi connectivity index (χ2v) is 24.5. The fraction of sp³-hybridized carbons (Fsp3) is 0.829. The molecular formula is C76H138O6. The molecule has 0 bridgehead atoms. The van der Waals surface area contributed by atoms with Gasteiger partial charge in [0.1, 0.15) is 13.2 Å². The van der Waals surface area contributed by atoms with Crippen LogP contribution in [0.4, 0.5) is 0 Å². The van der Waals surface area contributed by atoms with Gasteiger partial charge in [-0.1, -0.05) is 345 Å². The van der Waals surface area contributed by atoms with Crippen LogP contribution >= 0.6 is 0 Å². The molecule has 0 saturated heterocycles. The zero-order valence-electron chi connectivity index (χ0n) is 55.0. The minimum atomic E-state index is -0.778. The third kappa shape index (κ3) is 67.9. The number of unbranched alkanes of at least 4 members (excludes halogenated alkanes) is 46. The van der Waals surface area contributed by atoms with Gasteiger partial charge >= 0.3 is 17.9 Å². The standard InChI is InChI=1S/C76H138O6/c1-4-7-10-13-16-19-22-25-27-29-31-32-33-34-35-36-37-38-39-40-41-42-43-44-45-47-48-51-54-57-60-63-66-69-75(78)81-72-73(71-80-74(77)68-65-62-59-56-53-50-24-21-18-15-12-9-6-3)82-76(79)70-67-64-61-58-55-52-49-46-30-28-26-23-20-17-14-11-8-5-2/h12,15,21-22,24-25,29,31,33-34,73H,4-11,13-14,16-20,23,26-28,30,32,35-72H2,1-3H3/b15-12-,24-21-,25-22-,31-29-,34-33-. The van der Waals surface area contributed by atoms with Crippen LogP contribution in [-0.4, -0.2) is 37.2 Å². The highest BCUT2D eigenvalue weighted by atomic mass is 16.6. The van der Waals surface area contributed by atoms with Gasteiger partial charge in [-0.05, 0) is 83.5 Å². The Morgan fingerprint density at radius 3 is 0.732 bits per heavy atom. The smallest absolute Gasteiger partial charge is 0.306 e. The molecule has 0 amide bonds. The van der Waals surface area contributed by atoms with Gasteiger partial charge in [0, 0.05) is 19.3 Å². The minimum Gasteiger partial charge on any atom is -0.462 e. The molecule has 478 valence electrons. The number of carbonyl (C=O) groups is 3. The summed E-state index contributed by atoms with van der Waals surface area (Å²) in [6.45, 7) is 6.61. The predicted molar refractivity (Wildman–Crippen MR) is 358 cm³/mol. The maximum atomic E-state index is 12.9. The van der Waals surface area contributed by atoms with Crippen LogP contribution in [0, 0.1) is 0 Å². The lowest BCUT2D eigenvalue weighted by molar-refractivity contribution is -0.167. The molecule has 0 fully saturated rings. The number of esters is 3. The topological polar surface area (TPSA) is 78.9 Å². The molecule has 6 nitrogen and oxygen atoms in total. The van der Waals surface area contributed by atoms with Crippen LogP contribution in [0.25, 0.3) is 0 Å². The van der Waals surface area contributed by atoms with Crippen LogP contribution in [0.1, 0.15) is 387 Å². The van der Waals surface area contributed by atoms with Crippen molar-refractivity contribution in [1.29, 1.82) is 0 Å². The van der Waals surface area contributed by atoms with Gasteiger partial charge in [0.2, 0.25) is 0 Å². The Kier molecular flexibility index (Phi) is 68.1. The first-order valence-electron chi connectivity index (χ1n) is 36.3. The summed E-state index contributed by atoms with van der Waals surface area (Å²) in [5.74, 6) is -0.863. The van der Waals surface area contributed by atoms with Gasteiger partial charge < -0.3 is 14.2 Å². The molecule has 0 aliphatic carbocycles. The van der Waals surface area contributed by atoms with E-state index in [0.717, 1.165) is 96.3 Å². The van der Waals surface area contributed by atoms with E-state index in [1.165, 1.54) is 250 Å².